The molecule has 4 nitrogen and oxygen atoms in total. The van der Waals surface area contributed by atoms with Crippen LogP contribution in [0.15, 0.2) is 24.3 Å². The number of rotatable bonds is 8. The van der Waals surface area contributed by atoms with Crippen LogP contribution in [0.3, 0.4) is 0 Å². The summed E-state index contributed by atoms with van der Waals surface area (Å²) in [6.07, 6.45) is 0. The van der Waals surface area contributed by atoms with E-state index in [0.29, 0.717) is 0 Å². The zero-order valence-electron chi connectivity index (χ0n) is 12.8. The lowest BCUT2D eigenvalue weighted by molar-refractivity contribution is 0.0759. The van der Waals surface area contributed by atoms with Gasteiger partial charge in [0.15, 0.2) is 0 Å². The molecule has 0 N–H and O–H groups in total. The normalized spacial score (nSPS) is 17.0. The Balaban J connectivity index is 1.57. The summed E-state index contributed by atoms with van der Waals surface area (Å²) in [5, 5.41) is 0.741. The second-order valence-electron chi connectivity index (χ2n) is 5.18. The monoisotopic (exact) mass is 312 g/mol. The molecule has 5 heteroatoms. The maximum absolute atomic E-state index is 5.85. The Bertz CT molecular complexity index is 392. The van der Waals surface area contributed by atoms with E-state index >= 15 is 0 Å². The van der Waals surface area contributed by atoms with Gasteiger partial charge in [0.25, 0.3) is 0 Å². The van der Waals surface area contributed by atoms with Crippen molar-refractivity contribution in [2.45, 2.75) is 6.92 Å². The molecule has 0 spiro atoms. The molecule has 0 radical (unpaired) electrons. The molecule has 0 atom stereocenters. The van der Waals surface area contributed by atoms with Crippen molar-refractivity contribution in [3.05, 3.63) is 29.3 Å². The van der Waals surface area contributed by atoms with Gasteiger partial charge in [-0.2, -0.15) is 0 Å². The maximum Gasteiger partial charge on any atom is 0.119 e. The first kappa shape index (κ1) is 16.6. The van der Waals surface area contributed by atoms with Crippen LogP contribution in [-0.4, -0.2) is 68.9 Å². The summed E-state index contributed by atoms with van der Waals surface area (Å²) in [5.41, 5.74) is 0. The summed E-state index contributed by atoms with van der Waals surface area (Å²) in [6.45, 7) is 10.9. The molecule has 0 amide bonds. The summed E-state index contributed by atoms with van der Waals surface area (Å²) in [7, 11) is 0. The zero-order valence-corrected chi connectivity index (χ0v) is 13.5. The third-order valence-corrected chi connectivity index (χ3v) is 3.96. The van der Waals surface area contributed by atoms with Gasteiger partial charge in [0.1, 0.15) is 12.4 Å². The molecule has 0 unspecified atom stereocenters. The number of piperazine rings is 1. The molecule has 1 heterocycles. The van der Waals surface area contributed by atoms with Gasteiger partial charge in [0.05, 0.1) is 6.61 Å². The van der Waals surface area contributed by atoms with Crippen molar-refractivity contribution >= 4 is 11.6 Å². The van der Waals surface area contributed by atoms with E-state index in [1.807, 2.05) is 31.2 Å². The van der Waals surface area contributed by atoms with Gasteiger partial charge in [-0.05, 0) is 31.2 Å². The number of hydrogen-bond acceptors (Lipinski definition) is 4. The van der Waals surface area contributed by atoms with E-state index < -0.39 is 0 Å². The number of hydrogen-bond donors (Lipinski definition) is 0. The molecule has 1 aliphatic rings. The molecule has 0 aromatic heterocycles. The Kier molecular flexibility index (Phi) is 7.30. The minimum Gasteiger partial charge on any atom is -0.492 e. The second-order valence-corrected chi connectivity index (χ2v) is 5.62. The fraction of sp³-hybridized carbons (Fsp3) is 0.625. The highest BCUT2D eigenvalue weighted by molar-refractivity contribution is 6.30. The predicted octanol–water partition coefficient (Wildman–Crippen LogP) is 2.37. The van der Waals surface area contributed by atoms with Crippen molar-refractivity contribution < 1.29 is 9.47 Å². The molecular weight excluding hydrogens is 288 g/mol. The van der Waals surface area contributed by atoms with Gasteiger partial charge in [-0.15, -0.1) is 0 Å². The van der Waals surface area contributed by atoms with E-state index in [4.69, 9.17) is 21.1 Å². The molecule has 1 aliphatic heterocycles. The van der Waals surface area contributed by atoms with Crippen molar-refractivity contribution in [3.63, 3.8) is 0 Å². The molecular formula is C16H25ClN2O2. The highest BCUT2D eigenvalue weighted by Gasteiger charge is 2.16. The van der Waals surface area contributed by atoms with E-state index in [1.54, 1.807) is 0 Å². The third kappa shape index (κ3) is 6.22. The van der Waals surface area contributed by atoms with Crippen molar-refractivity contribution in [2.24, 2.45) is 0 Å². The Morgan fingerprint density at radius 1 is 0.952 bits per heavy atom. The van der Waals surface area contributed by atoms with Crippen molar-refractivity contribution in [1.29, 1.82) is 0 Å². The topological polar surface area (TPSA) is 24.9 Å². The lowest BCUT2D eigenvalue weighted by Crippen LogP contribution is -2.48. The quantitative estimate of drug-likeness (QED) is 0.688. The number of nitrogens with zero attached hydrogens (tertiary/aromatic N) is 2. The Hall–Kier alpha value is -0.810. The van der Waals surface area contributed by atoms with E-state index in [2.05, 4.69) is 9.80 Å². The summed E-state index contributed by atoms with van der Waals surface area (Å²) in [5.74, 6) is 0.884. The van der Waals surface area contributed by atoms with E-state index in [9.17, 15) is 0 Å². The molecule has 2 rings (SSSR count). The number of ether oxygens (including phenoxy) is 2. The van der Waals surface area contributed by atoms with Crippen LogP contribution in [-0.2, 0) is 4.74 Å². The molecule has 1 fully saturated rings. The minimum atomic E-state index is 0.723. The van der Waals surface area contributed by atoms with Gasteiger partial charge in [-0.3, -0.25) is 9.80 Å². The van der Waals surface area contributed by atoms with Crippen molar-refractivity contribution in [1.82, 2.24) is 9.80 Å². The van der Waals surface area contributed by atoms with Gasteiger partial charge in [0, 0.05) is 50.9 Å². The van der Waals surface area contributed by atoms with Crippen LogP contribution in [0, 0.1) is 0 Å². The number of halogens is 1. The maximum atomic E-state index is 5.85. The van der Waals surface area contributed by atoms with E-state index in [0.717, 1.165) is 69.9 Å². The summed E-state index contributed by atoms with van der Waals surface area (Å²) < 4.78 is 11.1. The van der Waals surface area contributed by atoms with Gasteiger partial charge in [-0.1, -0.05) is 11.6 Å². The molecule has 0 aliphatic carbocycles. The van der Waals surface area contributed by atoms with E-state index in [1.165, 1.54) is 0 Å². The average molecular weight is 313 g/mol. The Morgan fingerprint density at radius 3 is 2.10 bits per heavy atom. The van der Waals surface area contributed by atoms with Crippen LogP contribution in [0.2, 0.25) is 5.02 Å². The largest absolute Gasteiger partial charge is 0.492 e. The molecule has 21 heavy (non-hydrogen) atoms. The first-order chi connectivity index (χ1) is 10.3. The van der Waals surface area contributed by atoms with E-state index in [-0.39, 0.29) is 0 Å². The summed E-state index contributed by atoms with van der Waals surface area (Å²) in [6, 6.07) is 7.53. The average Bonchev–Trinajstić information content (AvgIpc) is 2.51. The summed E-state index contributed by atoms with van der Waals surface area (Å²) in [4.78, 5) is 4.92. The van der Waals surface area contributed by atoms with Gasteiger partial charge in [-0.25, -0.2) is 0 Å². The Labute approximate surface area is 132 Å². The highest BCUT2D eigenvalue weighted by atomic mass is 35.5. The van der Waals surface area contributed by atoms with Gasteiger partial charge >= 0.3 is 0 Å². The van der Waals surface area contributed by atoms with Gasteiger partial charge < -0.3 is 9.47 Å². The standard InChI is InChI=1S/C16H25ClN2O2/c1-2-20-13-11-18-7-9-19(10-8-18)12-14-21-16-5-3-15(17)4-6-16/h3-6H,2,7-14H2,1H3. The fourth-order valence-electron chi connectivity index (χ4n) is 2.40. The van der Waals surface area contributed by atoms with Crippen LogP contribution in [0.5, 0.6) is 5.75 Å². The SMILES string of the molecule is CCOCCN1CCN(CCOc2ccc(Cl)cc2)CC1. The van der Waals surface area contributed by atoms with Gasteiger partial charge in [0.2, 0.25) is 0 Å². The predicted molar refractivity (Wildman–Crippen MR) is 86.3 cm³/mol. The zero-order chi connectivity index (χ0) is 14.9. The molecule has 0 bridgehead atoms. The molecule has 118 valence electrons. The molecule has 1 aromatic rings. The lowest BCUT2D eigenvalue weighted by Gasteiger charge is -2.34. The first-order valence-corrected chi connectivity index (χ1v) is 8.06. The van der Waals surface area contributed by atoms with Crippen molar-refractivity contribution in [3.8, 4) is 5.75 Å². The number of benzene rings is 1. The van der Waals surface area contributed by atoms with Crippen LogP contribution in [0.25, 0.3) is 0 Å². The smallest absolute Gasteiger partial charge is 0.119 e. The fourth-order valence-corrected chi connectivity index (χ4v) is 2.52. The highest BCUT2D eigenvalue weighted by Crippen LogP contribution is 2.15. The third-order valence-electron chi connectivity index (χ3n) is 3.71. The van der Waals surface area contributed by atoms with Crippen LogP contribution in [0.4, 0.5) is 0 Å². The molecule has 0 saturated carbocycles. The van der Waals surface area contributed by atoms with Crippen LogP contribution < -0.4 is 4.74 Å². The first-order valence-electron chi connectivity index (χ1n) is 7.68. The van der Waals surface area contributed by atoms with Crippen molar-refractivity contribution in [2.75, 3.05) is 59.1 Å². The minimum absolute atomic E-state index is 0.723. The van der Waals surface area contributed by atoms with Crippen LogP contribution >= 0.6 is 11.6 Å². The van der Waals surface area contributed by atoms with Crippen LogP contribution in [0.1, 0.15) is 6.92 Å². The Morgan fingerprint density at radius 2 is 1.52 bits per heavy atom. The molecule has 1 saturated heterocycles. The second kappa shape index (κ2) is 9.26. The summed E-state index contributed by atoms with van der Waals surface area (Å²) >= 11 is 5.85. The lowest BCUT2D eigenvalue weighted by atomic mass is 10.3. The molecule has 1 aromatic carbocycles.